The highest BCUT2D eigenvalue weighted by atomic mass is 16.1. The standard InChI is InChI=1S/C27H30N4O/c28-17-20-5-8-21-12-14-31(18-23(21)15-20)13-11-19-6-9-24(10-7-19)29-27(32)26-16-22-3-1-2-4-25(22)30-26/h1-5,8,15-16,19,24,30H,6-7,9-14,18H2,(H,29,32)/t19-,24-. The second kappa shape index (κ2) is 9.18. The lowest BCUT2D eigenvalue weighted by Crippen LogP contribution is -2.38. The molecule has 0 atom stereocenters. The van der Waals surface area contributed by atoms with E-state index in [-0.39, 0.29) is 11.9 Å². The Kier molecular flexibility index (Phi) is 5.96. The summed E-state index contributed by atoms with van der Waals surface area (Å²) in [5.74, 6) is 0.747. The molecule has 5 rings (SSSR count). The van der Waals surface area contributed by atoms with Crippen LogP contribution in [0.4, 0.5) is 0 Å². The first-order valence-electron chi connectivity index (χ1n) is 11.8. The molecule has 2 heterocycles. The molecule has 2 N–H and O–H groups in total. The monoisotopic (exact) mass is 426 g/mol. The van der Waals surface area contributed by atoms with E-state index in [0.717, 1.165) is 61.3 Å². The largest absolute Gasteiger partial charge is 0.351 e. The number of fused-ring (bicyclic) bond motifs is 2. The quantitative estimate of drug-likeness (QED) is 0.617. The number of aromatic nitrogens is 1. The average Bonchev–Trinajstić information content (AvgIpc) is 3.28. The summed E-state index contributed by atoms with van der Waals surface area (Å²) in [5, 5.41) is 13.5. The summed E-state index contributed by atoms with van der Waals surface area (Å²) < 4.78 is 0. The summed E-state index contributed by atoms with van der Waals surface area (Å²) in [6.45, 7) is 3.18. The molecule has 5 nitrogen and oxygen atoms in total. The second-order valence-electron chi connectivity index (χ2n) is 9.37. The lowest BCUT2D eigenvalue weighted by Gasteiger charge is -2.33. The molecule has 5 heteroatoms. The SMILES string of the molecule is N#Cc1ccc2c(c1)CN(CC[C@H]1CC[C@H](NC(=O)c3cc4ccccc4[nH]3)CC1)CC2. The van der Waals surface area contributed by atoms with E-state index < -0.39 is 0 Å². The summed E-state index contributed by atoms with van der Waals surface area (Å²) >= 11 is 0. The van der Waals surface area contributed by atoms with Crippen molar-refractivity contribution in [2.24, 2.45) is 5.92 Å². The molecule has 0 bridgehead atoms. The van der Waals surface area contributed by atoms with E-state index in [2.05, 4.69) is 33.4 Å². The first-order valence-corrected chi connectivity index (χ1v) is 11.8. The molecule has 164 valence electrons. The predicted molar refractivity (Wildman–Crippen MR) is 126 cm³/mol. The molecule has 1 amide bonds. The Labute approximate surface area is 189 Å². The van der Waals surface area contributed by atoms with Crippen molar-refractivity contribution in [2.75, 3.05) is 13.1 Å². The fourth-order valence-corrected chi connectivity index (χ4v) is 5.30. The van der Waals surface area contributed by atoms with E-state index in [4.69, 9.17) is 5.26 Å². The van der Waals surface area contributed by atoms with Crippen molar-refractivity contribution in [2.45, 2.75) is 51.1 Å². The topological polar surface area (TPSA) is 71.9 Å². The molecule has 1 aromatic heterocycles. The number of benzene rings is 2. The zero-order valence-electron chi connectivity index (χ0n) is 18.4. The third-order valence-corrected chi connectivity index (χ3v) is 7.24. The van der Waals surface area contributed by atoms with E-state index in [1.165, 1.54) is 30.4 Å². The number of carbonyl (C=O) groups is 1. The van der Waals surface area contributed by atoms with Crippen LogP contribution < -0.4 is 5.32 Å². The van der Waals surface area contributed by atoms with Gasteiger partial charge in [-0.3, -0.25) is 9.69 Å². The predicted octanol–water partition coefficient (Wildman–Crippen LogP) is 4.78. The summed E-state index contributed by atoms with van der Waals surface area (Å²) in [6, 6.07) is 18.6. The van der Waals surface area contributed by atoms with Crippen molar-refractivity contribution < 1.29 is 4.79 Å². The van der Waals surface area contributed by atoms with Crippen LogP contribution in [0.25, 0.3) is 10.9 Å². The van der Waals surface area contributed by atoms with Crippen LogP contribution in [-0.2, 0) is 13.0 Å². The summed E-state index contributed by atoms with van der Waals surface area (Å²) in [7, 11) is 0. The summed E-state index contributed by atoms with van der Waals surface area (Å²) in [4.78, 5) is 18.4. The van der Waals surface area contributed by atoms with Gasteiger partial charge in [0, 0.05) is 30.0 Å². The van der Waals surface area contributed by atoms with Gasteiger partial charge in [-0.15, -0.1) is 0 Å². The molecule has 32 heavy (non-hydrogen) atoms. The number of carbonyl (C=O) groups excluding carboxylic acids is 1. The highest BCUT2D eigenvalue weighted by Gasteiger charge is 2.24. The number of para-hydroxylation sites is 1. The van der Waals surface area contributed by atoms with Gasteiger partial charge in [-0.2, -0.15) is 5.26 Å². The van der Waals surface area contributed by atoms with Crippen LogP contribution in [0, 0.1) is 17.2 Å². The maximum Gasteiger partial charge on any atom is 0.267 e. The van der Waals surface area contributed by atoms with Crippen molar-refractivity contribution in [3.05, 3.63) is 70.9 Å². The highest BCUT2D eigenvalue weighted by molar-refractivity contribution is 5.98. The maximum atomic E-state index is 12.7. The van der Waals surface area contributed by atoms with Crippen LogP contribution in [-0.4, -0.2) is 34.9 Å². The van der Waals surface area contributed by atoms with Crippen molar-refractivity contribution in [3.8, 4) is 6.07 Å². The molecule has 0 unspecified atom stereocenters. The van der Waals surface area contributed by atoms with Gasteiger partial charge in [-0.05, 0) is 86.4 Å². The van der Waals surface area contributed by atoms with Gasteiger partial charge in [0.15, 0.2) is 0 Å². The smallest absolute Gasteiger partial charge is 0.267 e. The average molecular weight is 427 g/mol. The number of nitriles is 1. The van der Waals surface area contributed by atoms with Crippen LogP contribution in [0.3, 0.4) is 0 Å². The number of H-pyrrole nitrogens is 1. The van der Waals surface area contributed by atoms with Gasteiger partial charge in [-0.25, -0.2) is 0 Å². The normalized spacial score (nSPS) is 21.1. The van der Waals surface area contributed by atoms with E-state index >= 15 is 0 Å². The van der Waals surface area contributed by atoms with Gasteiger partial charge in [0.25, 0.3) is 5.91 Å². The summed E-state index contributed by atoms with van der Waals surface area (Å²) in [5.41, 5.74) is 5.13. The first-order chi connectivity index (χ1) is 15.7. The Balaban J connectivity index is 1.08. The molecule has 1 fully saturated rings. The molecule has 1 aliphatic heterocycles. The Hall–Kier alpha value is -3.10. The molecule has 1 saturated carbocycles. The third-order valence-electron chi connectivity index (χ3n) is 7.24. The first kappa shape index (κ1) is 20.8. The van der Waals surface area contributed by atoms with Gasteiger partial charge in [0.2, 0.25) is 0 Å². The fourth-order valence-electron chi connectivity index (χ4n) is 5.30. The van der Waals surface area contributed by atoms with Crippen LogP contribution in [0.1, 0.15) is 59.3 Å². The minimum atomic E-state index is 0.00775. The minimum Gasteiger partial charge on any atom is -0.351 e. The molecule has 3 aromatic rings. The lowest BCUT2D eigenvalue weighted by atomic mass is 9.84. The number of nitrogens with one attached hydrogen (secondary N) is 2. The highest BCUT2D eigenvalue weighted by Crippen LogP contribution is 2.28. The number of nitrogens with zero attached hydrogens (tertiary/aromatic N) is 2. The molecular weight excluding hydrogens is 396 g/mol. The van der Waals surface area contributed by atoms with Gasteiger partial charge in [0.05, 0.1) is 11.6 Å². The molecule has 1 aliphatic carbocycles. The van der Waals surface area contributed by atoms with Crippen molar-refractivity contribution in [1.29, 1.82) is 5.26 Å². The molecule has 0 spiro atoms. The van der Waals surface area contributed by atoms with Crippen LogP contribution in [0.2, 0.25) is 0 Å². The Morgan fingerprint density at radius 2 is 1.94 bits per heavy atom. The Morgan fingerprint density at radius 1 is 1.09 bits per heavy atom. The van der Waals surface area contributed by atoms with Gasteiger partial charge in [-0.1, -0.05) is 24.3 Å². The van der Waals surface area contributed by atoms with Crippen molar-refractivity contribution in [3.63, 3.8) is 0 Å². The van der Waals surface area contributed by atoms with Gasteiger partial charge in [0.1, 0.15) is 5.69 Å². The number of hydrogen-bond donors (Lipinski definition) is 2. The Bertz CT molecular complexity index is 1120. The molecule has 0 radical (unpaired) electrons. The number of rotatable bonds is 5. The van der Waals surface area contributed by atoms with Crippen LogP contribution in [0.5, 0.6) is 0 Å². The number of hydrogen-bond acceptors (Lipinski definition) is 3. The maximum absolute atomic E-state index is 12.7. The fraction of sp³-hybridized carbons (Fsp3) is 0.407. The van der Waals surface area contributed by atoms with E-state index in [1.807, 2.05) is 36.4 Å². The van der Waals surface area contributed by atoms with Crippen LogP contribution >= 0.6 is 0 Å². The Morgan fingerprint density at radius 3 is 2.75 bits per heavy atom. The summed E-state index contributed by atoms with van der Waals surface area (Å²) in [6.07, 6.45) is 6.78. The minimum absolute atomic E-state index is 0.00775. The lowest BCUT2D eigenvalue weighted by molar-refractivity contribution is 0.0915. The second-order valence-corrected chi connectivity index (χ2v) is 9.37. The van der Waals surface area contributed by atoms with E-state index in [0.29, 0.717) is 5.69 Å². The van der Waals surface area contributed by atoms with Crippen LogP contribution in [0.15, 0.2) is 48.5 Å². The molecular formula is C27H30N4O. The molecule has 2 aromatic carbocycles. The zero-order chi connectivity index (χ0) is 21.9. The van der Waals surface area contributed by atoms with E-state index in [1.54, 1.807) is 0 Å². The number of amides is 1. The molecule has 0 saturated heterocycles. The van der Waals surface area contributed by atoms with Crippen molar-refractivity contribution in [1.82, 2.24) is 15.2 Å². The van der Waals surface area contributed by atoms with E-state index in [9.17, 15) is 4.79 Å². The van der Waals surface area contributed by atoms with Crippen molar-refractivity contribution >= 4 is 16.8 Å². The third kappa shape index (κ3) is 4.56. The van der Waals surface area contributed by atoms with Gasteiger partial charge >= 0.3 is 0 Å². The zero-order valence-corrected chi connectivity index (χ0v) is 18.4. The van der Waals surface area contributed by atoms with Gasteiger partial charge < -0.3 is 10.3 Å². The molecule has 2 aliphatic rings. The number of aromatic amines is 1.